The van der Waals surface area contributed by atoms with Crippen LogP contribution in [0.4, 0.5) is 0 Å². The van der Waals surface area contributed by atoms with E-state index in [1.807, 2.05) is 17.0 Å². The van der Waals surface area contributed by atoms with Crippen molar-refractivity contribution in [1.29, 1.82) is 0 Å². The molecule has 23 heavy (non-hydrogen) atoms. The topological polar surface area (TPSA) is 41.3 Å². The summed E-state index contributed by atoms with van der Waals surface area (Å²) in [7, 11) is 5.84. The maximum Gasteiger partial charge on any atom is 0.182 e. The number of piperidine rings is 1. The molecule has 0 spiro atoms. The summed E-state index contributed by atoms with van der Waals surface area (Å²) >= 11 is 0. The molecule has 1 unspecified atom stereocenters. The summed E-state index contributed by atoms with van der Waals surface area (Å²) in [6.45, 7) is 1.97. The molecule has 1 atom stereocenters. The number of nitrogens with two attached hydrogens (primary N) is 1. The number of nitrogens with one attached hydrogen (secondary N) is 1. The van der Waals surface area contributed by atoms with Gasteiger partial charge in [-0.15, -0.1) is 0 Å². The van der Waals surface area contributed by atoms with Crippen LogP contribution in [0, 0.1) is 0 Å². The van der Waals surface area contributed by atoms with Crippen molar-refractivity contribution in [3.8, 4) is 0 Å². The SMILES string of the molecule is [B]N1CCC(=CC2CCc3cc(/C=C\C=C/NN)ccc32)CC1. The van der Waals surface area contributed by atoms with Gasteiger partial charge in [0.15, 0.2) is 7.98 Å². The Morgan fingerprint density at radius 2 is 2.00 bits per heavy atom. The lowest BCUT2D eigenvalue weighted by molar-refractivity contribution is 0.417. The van der Waals surface area contributed by atoms with Crippen molar-refractivity contribution in [1.82, 2.24) is 10.2 Å². The molecule has 1 saturated heterocycles. The highest BCUT2D eigenvalue weighted by Gasteiger charge is 2.21. The number of hydrazine groups is 1. The van der Waals surface area contributed by atoms with Gasteiger partial charge in [0.2, 0.25) is 0 Å². The smallest absolute Gasteiger partial charge is 0.182 e. The van der Waals surface area contributed by atoms with Crippen LogP contribution in [0.15, 0.2) is 48.2 Å². The Hall–Kier alpha value is -1.78. The van der Waals surface area contributed by atoms with Crippen LogP contribution < -0.4 is 11.3 Å². The molecule has 1 aliphatic carbocycles. The fourth-order valence-corrected chi connectivity index (χ4v) is 3.49. The van der Waals surface area contributed by atoms with Crippen LogP contribution in [0.1, 0.15) is 41.9 Å². The summed E-state index contributed by atoms with van der Waals surface area (Å²) in [6, 6.07) is 6.82. The lowest BCUT2D eigenvalue weighted by Crippen LogP contribution is -2.27. The minimum Gasteiger partial charge on any atom is -0.353 e. The Labute approximate surface area is 140 Å². The number of benzene rings is 1. The van der Waals surface area contributed by atoms with Crippen molar-refractivity contribution in [2.45, 2.75) is 31.6 Å². The molecule has 3 N–H and O–H groups in total. The van der Waals surface area contributed by atoms with Crippen molar-refractivity contribution in [2.24, 2.45) is 5.84 Å². The van der Waals surface area contributed by atoms with Crippen molar-refractivity contribution < 1.29 is 0 Å². The van der Waals surface area contributed by atoms with Crippen molar-refractivity contribution in [3.63, 3.8) is 0 Å². The van der Waals surface area contributed by atoms with E-state index in [4.69, 9.17) is 13.8 Å². The molecule has 2 aliphatic rings. The van der Waals surface area contributed by atoms with Gasteiger partial charge in [-0.05, 0) is 61.5 Å². The number of fused-ring (bicyclic) bond motifs is 1. The van der Waals surface area contributed by atoms with E-state index in [2.05, 4.69) is 35.8 Å². The summed E-state index contributed by atoms with van der Waals surface area (Å²) in [6.07, 6.45) is 14.8. The van der Waals surface area contributed by atoms with Crippen LogP contribution in [0.3, 0.4) is 0 Å². The van der Waals surface area contributed by atoms with E-state index in [-0.39, 0.29) is 0 Å². The normalized spacial score (nSPS) is 22.0. The van der Waals surface area contributed by atoms with Gasteiger partial charge in [0.1, 0.15) is 0 Å². The van der Waals surface area contributed by atoms with Crippen LogP contribution in [0.2, 0.25) is 0 Å². The first-order valence-electron chi connectivity index (χ1n) is 8.37. The predicted molar refractivity (Wildman–Crippen MR) is 97.6 cm³/mol. The molecule has 2 radical (unpaired) electrons. The van der Waals surface area contributed by atoms with Crippen molar-refractivity contribution >= 4 is 14.1 Å². The highest BCUT2D eigenvalue weighted by molar-refractivity contribution is 6.04. The van der Waals surface area contributed by atoms with Gasteiger partial charge in [0.25, 0.3) is 0 Å². The minimum atomic E-state index is 0.587. The monoisotopic (exact) mass is 305 g/mol. The van der Waals surface area contributed by atoms with E-state index in [0.717, 1.165) is 25.9 Å². The van der Waals surface area contributed by atoms with E-state index < -0.39 is 0 Å². The van der Waals surface area contributed by atoms with E-state index in [0.29, 0.717) is 5.92 Å². The van der Waals surface area contributed by atoms with Crippen LogP contribution >= 0.6 is 0 Å². The first kappa shape index (κ1) is 16.1. The highest BCUT2D eigenvalue weighted by Crippen LogP contribution is 2.36. The summed E-state index contributed by atoms with van der Waals surface area (Å²) in [5.41, 5.74) is 8.31. The maximum absolute atomic E-state index is 5.84. The Bertz CT molecular complexity index is 624. The number of allylic oxidation sites excluding steroid dienone is 3. The van der Waals surface area contributed by atoms with Gasteiger partial charge in [0.05, 0.1) is 0 Å². The Kier molecular flexibility index (Phi) is 5.37. The average Bonchev–Trinajstić information content (AvgIpc) is 2.96. The molecule has 118 valence electrons. The van der Waals surface area contributed by atoms with Crippen LogP contribution in [0.5, 0.6) is 0 Å². The number of hydrogen-bond donors (Lipinski definition) is 2. The molecular weight excluding hydrogens is 281 g/mol. The third kappa shape index (κ3) is 4.15. The van der Waals surface area contributed by atoms with Crippen LogP contribution in [0.25, 0.3) is 6.08 Å². The van der Waals surface area contributed by atoms with Gasteiger partial charge >= 0.3 is 0 Å². The maximum atomic E-state index is 5.84. The zero-order chi connectivity index (χ0) is 16.1. The Morgan fingerprint density at radius 3 is 2.78 bits per heavy atom. The van der Waals surface area contributed by atoms with Gasteiger partial charge in [0, 0.05) is 12.1 Å². The largest absolute Gasteiger partial charge is 0.353 e. The predicted octanol–water partition coefficient (Wildman–Crippen LogP) is 2.81. The molecule has 4 heteroatoms. The lowest BCUT2D eigenvalue weighted by Gasteiger charge is -2.25. The zero-order valence-electron chi connectivity index (χ0n) is 13.5. The first-order valence-corrected chi connectivity index (χ1v) is 8.37. The van der Waals surface area contributed by atoms with Gasteiger partial charge in [-0.1, -0.05) is 42.0 Å². The highest BCUT2D eigenvalue weighted by atomic mass is 15.2. The lowest BCUT2D eigenvalue weighted by atomic mass is 9.93. The quantitative estimate of drug-likeness (QED) is 0.295. The molecule has 0 saturated carbocycles. The molecular formula is C19H24BN3. The van der Waals surface area contributed by atoms with Crippen molar-refractivity contribution in [3.05, 3.63) is 64.9 Å². The van der Waals surface area contributed by atoms with Crippen molar-refractivity contribution in [2.75, 3.05) is 13.1 Å². The van der Waals surface area contributed by atoms with E-state index in [1.165, 1.54) is 29.5 Å². The fraction of sp³-hybridized carbons (Fsp3) is 0.368. The summed E-state index contributed by atoms with van der Waals surface area (Å²) in [5, 5.41) is 0. The second-order valence-corrected chi connectivity index (χ2v) is 6.35. The molecule has 1 aromatic carbocycles. The number of aryl methyl sites for hydroxylation is 1. The summed E-state index contributed by atoms with van der Waals surface area (Å²) < 4.78 is 0. The van der Waals surface area contributed by atoms with E-state index in [9.17, 15) is 0 Å². The number of nitrogens with zero attached hydrogens (tertiary/aromatic N) is 1. The Morgan fingerprint density at radius 1 is 1.17 bits per heavy atom. The molecule has 1 fully saturated rings. The molecule has 3 nitrogen and oxygen atoms in total. The van der Waals surface area contributed by atoms with Crippen LogP contribution in [-0.2, 0) is 6.42 Å². The molecule has 1 heterocycles. The van der Waals surface area contributed by atoms with Gasteiger partial charge in [-0.2, -0.15) is 0 Å². The molecule has 0 bridgehead atoms. The molecule has 1 aliphatic heterocycles. The van der Waals surface area contributed by atoms with E-state index >= 15 is 0 Å². The number of rotatable bonds is 4. The molecule has 3 rings (SSSR count). The van der Waals surface area contributed by atoms with Gasteiger partial charge in [-0.3, -0.25) is 5.84 Å². The standard InChI is InChI=1S/C19H24BN3/c20-23-11-8-16(9-12-23)14-18-6-5-17-13-15(4-7-19(17)18)3-1-2-10-22-21/h1-4,7,10,13-14,18,22H,5-6,8-9,11-12,21H2/b3-1-,10-2-. The second kappa shape index (κ2) is 7.67. The van der Waals surface area contributed by atoms with E-state index in [1.54, 1.807) is 11.8 Å². The zero-order valence-corrected chi connectivity index (χ0v) is 13.5. The Balaban J connectivity index is 1.70. The first-order chi connectivity index (χ1) is 11.3. The summed E-state index contributed by atoms with van der Waals surface area (Å²) in [4.78, 5) is 1.92. The molecule has 0 aromatic heterocycles. The van der Waals surface area contributed by atoms with Crippen LogP contribution in [-0.4, -0.2) is 25.9 Å². The minimum absolute atomic E-state index is 0.587. The number of hydrogen-bond acceptors (Lipinski definition) is 3. The third-order valence-electron chi connectivity index (χ3n) is 4.76. The fourth-order valence-electron chi connectivity index (χ4n) is 3.49. The van der Waals surface area contributed by atoms with Gasteiger partial charge in [-0.25, -0.2) is 0 Å². The summed E-state index contributed by atoms with van der Waals surface area (Å²) in [5.74, 6) is 5.78. The third-order valence-corrected chi connectivity index (χ3v) is 4.76. The van der Waals surface area contributed by atoms with Gasteiger partial charge < -0.3 is 10.2 Å². The molecule has 1 aromatic rings. The second-order valence-electron chi connectivity index (χ2n) is 6.35. The average molecular weight is 305 g/mol. The molecule has 0 amide bonds.